The first-order chi connectivity index (χ1) is 9.67. The predicted molar refractivity (Wildman–Crippen MR) is 81.5 cm³/mol. The van der Waals surface area contributed by atoms with Gasteiger partial charge in [-0.1, -0.05) is 35.9 Å². The van der Waals surface area contributed by atoms with E-state index >= 15 is 0 Å². The lowest BCUT2D eigenvalue weighted by Gasteiger charge is -2.03. The number of aliphatic hydroxyl groups is 1. The van der Waals surface area contributed by atoms with Gasteiger partial charge in [-0.25, -0.2) is 0 Å². The highest BCUT2D eigenvalue weighted by atomic mass is 35.5. The first-order valence-corrected chi connectivity index (χ1v) is 6.49. The molecular formula is C16H14ClNO2. The molecule has 2 aromatic carbocycles. The standard InChI is InChI=1S/C16H14ClNO2/c17-14-5-1-3-12(9-14)7-8-16(20)18-15-6-2-4-13(10-15)11-19/h1-10,19H,11H2,(H,18,20)/b8-7+. The minimum absolute atomic E-state index is 0.0535. The molecule has 0 aromatic heterocycles. The van der Waals surface area contributed by atoms with Crippen LogP contribution in [-0.4, -0.2) is 11.0 Å². The average molecular weight is 288 g/mol. The van der Waals surface area contributed by atoms with Gasteiger partial charge in [-0.15, -0.1) is 0 Å². The molecule has 2 rings (SSSR count). The third-order valence-electron chi connectivity index (χ3n) is 2.65. The molecule has 20 heavy (non-hydrogen) atoms. The number of halogens is 1. The van der Waals surface area contributed by atoms with Crippen molar-refractivity contribution in [2.45, 2.75) is 6.61 Å². The lowest BCUT2D eigenvalue weighted by atomic mass is 10.2. The van der Waals surface area contributed by atoms with Gasteiger partial charge in [0, 0.05) is 16.8 Å². The zero-order valence-electron chi connectivity index (χ0n) is 10.7. The Kier molecular flexibility index (Phi) is 4.93. The molecule has 102 valence electrons. The van der Waals surface area contributed by atoms with Crippen LogP contribution in [0.1, 0.15) is 11.1 Å². The first kappa shape index (κ1) is 14.3. The topological polar surface area (TPSA) is 49.3 Å². The van der Waals surface area contributed by atoms with E-state index in [2.05, 4.69) is 5.32 Å². The zero-order chi connectivity index (χ0) is 14.4. The summed E-state index contributed by atoms with van der Waals surface area (Å²) in [5, 5.41) is 12.4. The highest BCUT2D eigenvalue weighted by Gasteiger charge is 1.99. The average Bonchev–Trinajstić information content (AvgIpc) is 2.45. The summed E-state index contributed by atoms with van der Waals surface area (Å²) >= 11 is 5.87. The quantitative estimate of drug-likeness (QED) is 0.846. The SMILES string of the molecule is O=C(/C=C/c1cccc(Cl)c1)Nc1cccc(CO)c1. The maximum atomic E-state index is 11.8. The number of carbonyl (C=O) groups excluding carboxylic acids is 1. The fourth-order valence-corrected chi connectivity index (χ4v) is 1.91. The van der Waals surface area contributed by atoms with Crippen molar-refractivity contribution < 1.29 is 9.90 Å². The van der Waals surface area contributed by atoms with Crippen LogP contribution >= 0.6 is 11.6 Å². The number of nitrogens with one attached hydrogen (secondary N) is 1. The fourth-order valence-electron chi connectivity index (χ4n) is 1.71. The van der Waals surface area contributed by atoms with Crippen LogP contribution in [0.5, 0.6) is 0 Å². The summed E-state index contributed by atoms with van der Waals surface area (Å²) in [5.41, 5.74) is 2.26. The molecule has 1 amide bonds. The van der Waals surface area contributed by atoms with Gasteiger partial charge in [0.2, 0.25) is 5.91 Å². The number of benzene rings is 2. The number of carbonyl (C=O) groups is 1. The molecule has 0 heterocycles. The molecule has 0 aliphatic heterocycles. The van der Waals surface area contributed by atoms with Gasteiger partial charge < -0.3 is 10.4 Å². The largest absolute Gasteiger partial charge is 0.392 e. The Hall–Kier alpha value is -2.10. The molecule has 2 aromatic rings. The lowest BCUT2D eigenvalue weighted by molar-refractivity contribution is -0.111. The Balaban J connectivity index is 2.01. The molecule has 0 radical (unpaired) electrons. The van der Waals surface area contributed by atoms with E-state index in [9.17, 15) is 4.79 Å². The van der Waals surface area contributed by atoms with E-state index in [-0.39, 0.29) is 12.5 Å². The van der Waals surface area contributed by atoms with E-state index in [1.165, 1.54) is 6.08 Å². The van der Waals surface area contributed by atoms with E-state index < -0.39 is 0 Å². The van der Waals surface area contributed by atoms with Crippen molar-refractivity contribution in [3.05, 3.63) is 70.8 Å². The van der Waals surface area contributed by atoms with Crippen molar-refractivity contribution in [1.29, 1.82) is 0 Å². The Morgan fingerprint density at radius 3 is 2.75 bits per heavy atom. The number of rotatable bonds is 4. The molecular weight excluding hydrogens is 274 g/mol. The second-order valence-electron chi connectivity index (χ2n) is 4.24. The molecule has 0 aliphatic rings. The summed E-state index contributed by atoms with van der Waals surface area (Å²) in [7, 11) is 0. The maximum absolute atomic E-state index is 11.8. The van der Waals surface area contributed by atoms with Gasteiger partial charge in [-0.3, -0.25) is 4.79 Å². The highest BCUT2D eigenvalue weighted by molar-refractivity contribution is 6.30. The molecule has 4 heteroatoms. The van der Waals surface area contributed by atoms with Crippen LogP contribution in [0.15, 0.2) is 54.6 Å². The summed E-state index contributed by atoms with van der Waals surface area (Å²) in [6.45, 7) is -0.0535. The minimum Gasteiger partial charge on any atom is -0.392 e. The molecule has 2 N–H and O–H groups in total. The van der Waals surface area contributed by atoms with Crippen LogP contribution in [0, 0.1) is 0 Å². The Morgan fingerprint density at radius 2 is 2.00 bits per heavy atom. The second-order valence-corrected chi connectivity index (χ2v) is 4.67. The van der Waals surface area contributed by atoms with E-state index in [1.807, 2.05) is 12.1 Å². The van der Waals surface area contributed by atoms with Gasteiger partial charge in [0.25, 0.3) is 0 Å². The van der Waals surface area contributed by atoms with Gasteiger partial charge in [0.1, 0.15) is 0 Å². The third kappa shape index (κ3) is 4.23. The van der Waals surface area contributed by atoms with Crippen molar-refractivity contribution in [3.8, 4) is 0 Å². The van der Waals surface area contributed by atoms with E-state index in [1.54, 1.807) is 42.5 Å². The Morgan fingerprint density at radius 1 is 1.20 bits per heavy atom. The molecule has 0 fully saturated rings. The zero-order valence-corrected chi connectivity index (χ0v) is 11.5. The Labute approximate surface area is 122 Å². The summed E-state index contributed by atoms with van der Waals surface area (Å²) in [4.78, 5) is 11.8. The molecule has 0 bridgehead atoms. The third-order valence-corrected chi connectivity index (χ3v) is 2.89. The van der Waals surface area contributed by atoms with Gasteiger partial charge in [0.15, 0.2) is 0 Å². The van der Waals surface area contributed by atoms with Crippen LogP contribution in [-0.2, 0) is 11.4 Å². The van der Waals surface area contributed by atoms with Gasteiger partial charge in [-0.05, 0) is 41.5 Å². The molecule has 0 saturated carbocycles. The summed E-state index contributed by atoms with van der Waals surface area (Å²) in [5.74, 6) is -0.236. The number of anilines is 1. The molecule has 0 aliphatic carbocycles. The number of hydrogen-bond donors (Lipinski definition) is 2. The first-order valence-electron chi connectivity index (χ1n) is 6.12. The smallest absolute Gasteiger partial charge is 0.248 e. The van der Waals surface area contributed by atoms with E-state index in [0.29, 0.717) is 10.7 Å². The maximum Gasteiger partial charge on any atom is 0.248 e. The van der Waals surface area contributed by atoms with Crippen LogP contribution < -0.4 is 5.32 Å². The molecule has 3 nitrogen and oxygen atoms in total. The molecule has 0 atom stereocenters. The summed E-state index contributed by atoms with van der Waals surface area (Å²) in [6, 6.07) is 14.3. The summed E-state index contributed by atoms with van der Waals surface area (Å²) in [6.07, 6.45) is 3.13. The summed E-state index contributed by atoms with van der Waals surface area (Å²) < 4.78 is 0. The lowest BCUT2D eigenvalue weighted by Crippen LogP contribution is -2.07. The number of aliphatic hydroxyl groups excluding tert-OH is 1. The van der Waals surface area contributed by atoms with Gasteiger partial charge in [-0.2, -0.15) is 0 Å². The van der Waals surface area contributed by atoms with Crippen molar-refractivity contribution in [1.82, 2.24) is 0 Å². The number of hydrogen-bond acceptors (Lipinski definition) is 2. The van der Waals surface area contributed by atoms with Crippen molar-refractivity contribution >= 4 is 29.3 Å². The van der Waals surface area contributed by atoms with Crippen LogP contribution in [0.25, 0.3) is 6.08 Å². The minimum atomic E-state index is -0.236. The molecule has 0 saturated heterocycles. The van der Waals surface area contributed by atoms with Crippen LogP contribution in [0.3, 0.4) is 0 Å². The van der Waals surface area contributed by atoms with E-state index in [4.69, 9.17) is 16.7 Å². The monoisotopic (exact) mass is 287 g/mol. The highest BCUT2D eigenvalue weighted by Crippen LogP contribution is 2.13. The van der Waals surface area contributed by atoms with Crippen molar-refractivity contribution in [2.75, 3.05) is 5.32 Å². The number of amides is 1. The van der Waals surface area contributed by atoms with Crippen LogP contribution in [0.4, 0.5) is 5.69 Å². The van der Waals surface area contributed by atoms with Crippen molar-refractivity contribution in [2.24, 2.45) is 0 Å². The fraction of sp³-hybridized carbons (Fsp3) is 0.0625. The molecule has 0 unspecified atom stereocenters. The van der Waals surface area contributed by atoms with Crippen molar-refractivity contribution in [3.63, 3.8) is 0 Å². The second kappa shape index (κ2) is 6.89. The van der Waals surface area contributed by atoms with Crippen LogP contribution in [0.2, 0.25) is 5.02 Å². The normalized spacial score (nSPS) is 10.7. The van der Waals surface area contributed by atoms with E-state index in [0.717, 1.165) is 11.1 Å². The van der Waals surface area contributed by atoms with Gasteiger partial charge in [0.05, 0.1) is 6.61 Å². The Bertz CT molecular complexity index is 638. The van der Waals surface area contributed by atoms with Gasteiger partial charge >= 0.3 is 0 Å². The molecule has 0 spiro atoms. The predicted octanol–water partition coefficient (Wildman–Crippen LogP) is 3.48.